The molecule has 0 bridgehead atoms. The summed E-state index contributed by atoms with van der Waals surface area (Å²) in [5.74, 6) is 0.0992. The average molecular weight is 327 g/mol. The number of hydrogen-bond acceptors (Lipinski definition) is 5. The Bertz CT molecular complexity index is 502. The average Bonchev–Trinajstić information content (AvgIpc) is 2.36. The van der Waals surface area contributed by atoms with Crippen LogP contribution in [-0.4, -0.2) is 51.3 Å². The fourth-order valence-electron chi connectivity index (χ4n) is 1.96. The number of piperidine rings is 1. The van der Waals surface area contributed by atoms with E-state index in [-0.39, 0.29) is 12.5 Å². The highest BCUT2D eigenvalue weighted by Gasteiger charge is 2.31. The van der Waals surface area contributed by atoms with Crippen molar-refractivity contribution in [3.05, 3.63) is 0 Å². The lowest BCUT2D eigenvalue weighted by Crippen LogP contribution is -2.42. The fraction of sp³-hybridized carbons (Fsp3) is 1.00. The Hall–Kier alpha value is -0.180. The van der Waals surface area contributed by atoms with Gasteiger partial charge in [0.1, 0.15) is 0 Å². The summed E-state index contributed by atoms with van der Waals surface area (Å²) in [6.45, 7) is 7.52. The first-order valence-corrected chi connectivity index (χ1v) is 9.92. The Morgan fingerprint density at radius 2 is 1.50 bits per heavy atom. The summed E-state index contributed by atoms with van der Waals surface area (Å²) in [5.41, 5.74) is 0. The van der Waals surface area contributed by atoms with Crippen LogP contribution in [0.25, 0.3) is 0 Å². The molecule has 0 aromatic carbocycles. The van der Waals surface area contributed by atoms with Gasteiger partial charge >= 0.3 is 0 Å². The van der Waals surface area contributed by atoms with Crippen molar-refractivity contribution in [2.24, 2.45) is 5.92 Å². The molecule has 120 valence electrons. The highest BCUT2D eigenvalue weighted by Crippen LogP contribution is 2.22. The number of sulfonamides is 1. The maximum atomic E-state index is 12.0. The molecule has 0 N–H and O–H groups in total. The molecule has 20 heavy (non-hydrogen) atoms. The lowest BCUT2D eigenvalue weighted by atomic mass is 10.00. The van der Waals surface area contributed by atoms with Gasteiger partial charge in [-0.25, -0.2) is 12.7 Å². The summed E-state index contributed by atoms with van der Waals surface area (Å²) < 4.78 is 53.6. The summed E-state index contributed by atoms with van der Waals surface area (Å²) in [6, 6.07) is 0. The molecule has 0 aromatic heterocycles. The predicted molar refractivity (Wildman–Crippen MR) is 78.4 cm³/mol. The van der Waals surface area contributed by atoms with E-state index < -0.39 is 30.6 Å². The lowest BCUT2D eigenvalue weighted by Gasteiger charge is -2.32. The second-order valence-electron chi connectivity index (χ2n) is 5.76. The molecule has 1 aliphatic rings. The Labute approximate surface area is 122 Å². The smallest absolute Gasteiger partial charge is 0.269 e. The highest BCUT2D eigenvalue weighted by atomic mass is 32.2. The summed E-state index contributed by atoms with van der Waals surface area (Å²) in [5, 5.41) is -0.972. The van der Waals surface area contributed by atoms with Crippen molar-refractivity contribution in [1.29, 1.82) is 0 Å². The van der Waals surface area contributed by atoms with E-state index in [9.17, 15) is 16.8 Å². The minimum Gasteiger partial charge on any atom is -0.270 e. The first kappa shape index (κ1) is 17.9. The van der Waals surface area contributed by atoms with Gasteiger partial charge in [0.05, 0.1) is 17.1 Å². The van der Waals surface area contributed by atoms with Crippen LogP contribution in [0.15, 0.2) is 0 Å². The topological polar surface area (TPSA) is 80.8 Å². The van der Waals surface area contributed by atoms with Crippen LogP contribution in [0.5, 0.6) is 0 Å². The van der Waals surface area contributed by atoms with E-state index >= 15 is 0 Å². The largest absolute Gasteiger partial charge is 0.270 e. The van der Waals surface area contributed by atoms with Crippen molar-refractivity contribution in [3.8, 4) is 0 Å². The Morgan fingerprint density at radius 3 is 1.90 bits per heavy atom. The number of nitrogens with zero attached hydrogens (tertiary/aromatic N) is 1. The maximum absolute atomic E-state index is 12.0. The molecular weight excluding hydrogens is 302 g/mol. The van der Waals surface area contributed by atoms with E-state index in [0.29, 0.717) is 25.9 Å². The zero-order valence-corrected chi connectivity index (χ0v) is 14.2. The standard InChI is InChI=1S/C12H25NO5S2/c1-10(2)19(14,15)13-7-5-12(6-8-13)9-18-20(16,17)11(3)4/h10-12H,5-9H2,1-4H3. The van der Waals surface area contributed by atoms with Crippen LogP contribution >= 0.6 is 0 Å². The molecule has 0 aliphatic carbocycles. The molecule has 1 aliphatic heterocycles. The monoisotopic (exact) mass is 327 g/mol. The normalized spacial score (nSPS) is 19.9. The van der Waals surface area contributed by atoms with Crippen molar-refractivity contribution in [2.45, 2.75) is 51.0 Å². The molecule has 0 atom stereocenters. The Kier molecular flexibility index (Phi) is 6.01. The minimum absolute atomic E-state index is 0.0992. The minimum atomic E-state index is -3.48. The third kappa shape index (κ3) is 4.41. The van der Waals surface area contributed by atoms with Crippen LogP contribution < -0.4 is 0 Å². The molecule has 0 unspecified atom stereocenters. The molecule has 6 nitrogen and oxygen atoms in total. The summed E-state index contributed by atoms with van der Waals surface area (Å²) in [6.07, 6.45) is 1.28. The Morgan fingerprint density at radius 1 is 1.00 bits per heavy atom. The summed E-state index contributed by atoms with van der Waals surface area (Å²) in [7, 11) is -6.69. The quantitative estimate of drug-likeness (QED) is 0.685. The second kappa shape index (κ2) is 6.72. The van der Waals surface area contributed by atoms with Crippen molar-refractivity contribution in [3.63, 3.8) is 0 Å². The van der Waals surface area contributed by atoms with Crippen molar-refractivity contribution >= 4 is 20.1 Å². The van der Waals surface area contributed by atoms with Crippen molar-refractivity contribution in [2.75, 3.05) is 19.7 Å². The maximum Gasteiger partial charge on any atom is 0.269 e. The van der Waals surface area contributed by atoms with Crippen LogP contribution in [0.3, 0.4) is 0 Å². The molecule has 0 radical (unpaired) electrons. The second-order valence-corrected chi connectivity index (χ2v) is 10.4. The van der Waals surface area contributed by atoms with Gasteiger partial charge in [0.2, 0.25) is 10.0 Å². The third-order valence-corrected chi connectivity index (χ3v) is 7.47. The Balaban J connectivity index is 2.48. The molecule has 0 saturated carbocycles. The molecule has 0 spiro atoms. The van der Waals surface area contributed by atoms with Crippen molar-refractivity contribution in [1.82, 2.24) is 4.31 Å². The molecule has 1 saturated heterocycles. The predicted octanol–water partition coefficient (Wildman–Crippen LogP) is 1.19. The number of rotatable bonds is 6. The van der Waals surface area contributed by atoms with Crippen molar-refractivity contribution < 1.29 is 21.0 Å². The molecule has 1 rings (SSSR count). The molecule has 0 aromatic rings. The molecule has 8 heteroatoms. The van der Waals surface area contributed by atoms with Crippen LogP contribution in [0.2, 0.25) is 0 Å². The molecule has 1 heterocycles. The molecule has 0 amide bonds. The van der Waals surface area contributed by atoms with Gasteiger partial charge in [0.15, 0.2) is 0 Å². The van der Waals surface area contributed by atoms with Gasteiger partial charge < -0.3 is 0 Å². The SMILES string of the molecule is CC(C)S(=O)(=O)OCC1CCN(S(=O)(=O)C(C)C)CC1. The van der Waals surface area contributed by atoms with Gasteiger partial charge in [0, 0.05) is 13.1 Å². The first-order valence-electron chi connectivity index (χ1n) is 6.94. The van der Waals surface area contributed by atoms with Gasteiger partial charge in [-0.3, -0.25) is 4.18 Å². The van der Waals surface area contributed by atoms with Crippen LogP contribution in [0, 0.1) is 5.92 Å². The van der Waals surface area contributed by atoms with E-state index in [1.165, 1.54) is 4.31 Å². The molecular formula is C12H25NO5S2. The third-order valence-electron chi connectivity index (χ3n) is 3.57. The highest BCUT2D eigenvalue weighted by molar-refractivity contribution is 7.89. The summed E-state index contributed by atoms with van der Waals surface area (Å²) in [4.78, 5) is 0. The lowest BCUT2D eigenvalue weighted by molar-refractivity contribution is 0.188. The van der Waals surface area contributed by atoms with Crippen LogP contribution in [0.4, 0.5) is 0 Å². The number of hydrogen-bond donors (Lipinski definition) is 0. The van der Waals surface area contributed by atoms with E-state index in [2.05, 4.69) is 0 Å². The zero-order chi connectivity index (χ0) is 15.6. The zero-order valence-electron chi connectivity index (χ0n) is 12.6. The van der Waals surface area contributed by atoms with Gasteiger partial charge in [-0.15, -0.1) is 0 Å². The van der Waals surface area contributed by atoms with Crippen LogP contribution in [-0.2, 0) is 24.3 Å². The van der Waals surface area contributed by atoms with Gasteiger partial charge in [-0.05, 0) is 46.5 Å². The van der Waals surface area contributed by atoms with E-state index in [1.807, 2.05) is 0 Å². The fourth-order valence-corrected chi connectivity index (χ4v) is 3.93. The molecule has 1 fully saturated rings. The van der Waals surface area contributed by atoms with E-state index in [0.717, 1.165) is 0 Å². The van der Waals surface area contributed by atoms with E-state index in [4.69, 9.17) is 4.18 Å². The van der Waals surface area contributed by atoms with Gasteiger partial charge in [0.25, 0.3) is 10.1 Å². The van der Waals surface area contributed by atoms with Crippen LogP contribution in [0.1, 0.15) is 40.5 Å². The first-order chi connectivity index (χ1) is 9.07. The van der Waals surface area contributed by atoms with Gasteiger partial charge in [-0.2, -0.15) is 8.42 Å². The van der Waals surface area contributed by atoms with Gasteiger partial charge in [-0.1, -0.05) is 0 Å². The summed E-state index contributed by atoms with van der Waals surface area (Å²) >= 11 is 0. The van der Waals surface area contributed by atoms with E-state index in [1.54, 1.807) is 27.7 Å².